The summed E-state index contributed by atoms with van der Waals surface area (Å²) in [5, 5.41) is 14.5. The highest BCUT2D eigenvalue weighted by Crippen LogP contribution is 2.28. The number of hydrogen-bond acceptors (Lipinski definition) is 6. The summed E-state index contributed by atoms with van der Waals surface area (Å²) < 4.78 is 5.19. The molecule has 1 aromatic heterocycles. The monoisotopic (exact) mass is 362 g/mol. The van der Waals surface area contributed by atoms with Crippen molar-refractivity contribution in [2.24, 2.45) is 5.92 Å². The Kier molecular flexibility index (Phi) is 6.46. The van der Waals surface area contributed by atoms with Crippen LogP contribution in [0.25, 0.3) is 10.6 Å². The van der Waals surface area contributed by atoms with Gasteiger partial charge in [0.05, 0.1) is 7.11 Å². The first-order chi connectivity index (χ1) is 11.9. The second-order valence-electron chi connectivity index (χ2n) is 5.67. The number of carbonyl (C=O) groups excluding carboxylic acids is 2. The molecular formula is C17H22N4O3S. The maximum absolute atomic E-state index is 12.2. The van der Waals surface area contributed by atoms with E-state index in [1.165, 1.54) is 11.3 Å². The molecule has 0 spiro atoms. The number of aromatic nitrogens is 2. The molecule has 1 heterocycles. The van der Waals surface area contributed by atoms with Gasteiger partial charge >= 0.3 is 0 Å². The quantitative estimate of drug-likeness (QED) is 0.790. The van der Waals surface area contributed by atoms with Gasteiger partial charge in [0.2, 0.25) is 16.9 Å². The van der Waals surface area contributed by atoms with E-state index in [4.69, 9.17) is 4.74 Å². The first-order valence-corrected chi connectivity index (χ1v) is 8.85. The third-order valence-corrected chi connectivity index (χ3v) is 4.67. The second-order valence-corrected chi connectivity index (χ2v) is 6.65. The minimum absolute atomic E-state index is 0.128. The van der Waals surface area contributed by atoms with Crippen molar-refractivity contribution < 1.29 is 14.3 Å². The Bertz CT molecular complexity index is 747. The molecule has 0 aliphatic rings. The molecule has 0 aliphatic carbocycles. The molecule has 0 unspecified atom stereocenters. The van der Waals surface area contributed by atoms with Gasteiger partial charge in [-0.2, -0.15) is 0 Å². The minimum Gasteiger partial charge on any atom is -0.497 e. The Hall–Kier alpha value is -2.48. The average Bonchev–Trinajstić information content (AvgIpc) is 3.09. The fraction of sp³-hybridized carbons (Fsp3) is 0.412. The van der Waals surface area contributed by atoms with Crippen LogP contribution in [0.1, 0.15) is 27.2 Å². The lowest BCUT2D eigenvalue weighted by molar-refractivity contribution is -0.128. The van der Waals surface area contributed by atoms with Gasteiger partial charge in [-0.05, 0) is 25.5 Å². The van der Waals surface area contributed by atoms with Crippen molar-refractivity contribution in [2.75, 3.05) is 12.4 Å². The van der Waals surface area contributed by atoms with Gasteiger partial charge < -0.3 is 10.1 Å². The maximum atomic E-state index is 12.2. The minimum atomic E-state index is -0.648. The van der Waals surface area contributed by atoms with Crippen molar-refractivity contribution in [3.05, 3.63) is 24.3 Å². The number of amides is 2. The first-order valence-electron chi connectivity index (χ1n) is 8.03. The summed E-state index contributed by atoms with van der Waals surface area (Å²) >= 11 is 1.26. The van der Waals surface area contributed by atoms with Crippen LogP contribution in [0.4, 0.5) is 5.13 Å². The molecule has 0 radical (unpaired) electrons. The molecule has 0 bridgehead atoms. The normalized spacial score (nSPS) is 13.0. The number of ether oxygens (including phenoxy) is 1. The predicted molar refractivity (Wildman–Crippen MR) is 97.6 cm³/mol. The summed E-state index contributed by atoms with van der Waals surface area (Å²) in [6.07, 6.45) is 0.723. The summed E-state index contributed by atoms with van der Waals surface area (Å²) in [6, 6.07) is 6.80. The van der Waals surface area contributed by atoms with Gasteiger partial charge in [-0.15, -0.1) is 10.2 Å². The van der Waals surface area contributed by atoms with Gasteiger partial charge in [-0.3, -0.25) is 14.9 Å². The smallest absolute Gasteiger partial charge is 0.248 e. The van der Waals surface area contributed by atoms with Crippen LogP contribution in [0.2, 0.25) is 0 Å². The largest absolute Gasteiger partial charge is 0.497 e. The van der Waals surface area contributed by atoms with Gasteiger partial charge in [0, 0.05) is 11.5 Å². The van der Waals surface area contributed by atoms with Crippen LogP contribution in [-0.4, -0.2) is 35.2 Å². The molecule has 25 heavy (non-hydrogen) atoms. The summed E-state index contributed by atoms with van der Waals surface area (Å²) in [5.74, 6) is 0.126. The summed E-state index contributed by atoms with van der Waals surface area (Å²) in [6.45, 7) is 5.39. The van der Waals surface area contributed by atoms with E-state index in [-0.39, 0.29) is 17.7 Å². The molecule has 0 fully saturated rings. The third-order valence-electron chi connectivity index (χ3n) is 3.78. The van der Waals surface area contributed by atoms with Crippen LogP contribution in [0, 0.1) is 5.92 Å². The number of methoxy groups -OCH3 is 1. The van der Waals surface area contributed by atoms with E-state index >= 15 is 0 Å². The fourth-order valence-corrected chi connectivity index (χ4v) is 2.71. The van der Waals surface area contributed by atoms with E-state index in [1.807, 2.05) is 38.1 Å². The van der Waals surface area contributed by atoms with Crippen LogP contribution in [-0.2, 0) is 9.59 Å². The number of nitrogens with one attached hydrogen (secondary N) is 2. The number of benzene rings is 1. The Morgan fingerprint density at radius 3 is 2.68 bits per heavy atom. The number of hydrogen-bond donors (Lipinski definition) is 2. The van der Waals surface area contributed by atoms with E-state index in [0.29, 0.717) is 10.1 Å². The highest BCUT2D eigenvalue weighted by molar-refractivity contribution is 7.18. The molecule has 7 nitrogen and oxygen atoms in total. The number of nitrogens with zero attached hydrogens (tertiary/aromatic N) is 2. The van der Waals surface area contributed by atoms with Crippen LogP contribution < -0.4 is 15.4 Å². The lowest BCUT2D eigenvalue weighted by Gasteiger charge is -2.15. The lowest BCUT2D eigenvalue weighted by Crippen LogP contribution is -2.43. The molecule has 8 heteroatoms. The Balaban J connectivity index is 2.00. The molecule has 2 rings (SSSR count). The van der Waals surface area contributed by atoms with Gasteiger partial charge in [-0.1, -0.05) is 37.3 Å². The predicted octanol–water partition coefficient (Wildman–Crippen LogP) is 2.70. The summed E-state index contributed by atoms with van der Waals surface area (Å²) in [7, 11) is 1.60. The Morgan fingerprint density at radius 1 is 1.24 bits per heavy atom. The van der Waals surface area contributed by atoms with Crippen molar-refractivity contribution in [1.82, 2.24) is 15.5 Å². The van der Waals surface area contributed by atoms with Crippen LogP contribution >= 0.6 is 11.3 Å². The summed E-state index contributed by atoms with van der Waals surface area (Å²) in [4.78, 5) is 24.1. The highest BCUT2D eigenvalue weighted by Gasteiger charge is 2.20. The van der Waals surface area contributed by atoms with Gasteiger partial charge in [-0.25, -0.2) is 0 Å². The van der Waals surface area contributed by atoms with E-state index in [1.54, 1.807) is 14.0 Å². The van der Waals surface area contributed by atoms with E-state index in [0.717, 1.165) is 17.7 Å². The molecule has 0 saturated carbocycles. The maximum Gasteiger partial charge on any atom is 0.248 e. The zero-order valence-corrected chi connectivity index (χ0v) is 15.5. The molecular weight excluding hydrogens is 340 g/mol. The molecule has 134 valence electrons. The third kappa shape index (κ3) is 4.99. The van der Waals surface area contributed by atoms with Gasteiger partial charge in [0.25, 0.3) is 0 Å². The number of anilines is 1. The lowest BCUT2D eigenvalue weighted by atomic mass is 10.1. The standard InChI is InChI=1S/C17H22N4O3S/c1-5-10(2)14(22)18-11(3)15(23)19-17-21-20-16(25-17)12-7-6-8-13(9-12)24-4/h6-11H,5H2,1-4H3,(H,18,22)(H,19,21,23)/t10-,11-/m0/s1. The first kappa shape index (κ1) is 18.9. The van der Waals surface area contributed by atoms with E-state index in [2.05, 4.69) is 20.8 Å². The molecule has 2 amide bonds. The van der Waals surface area contributed by atoms with Crippen molar-refractivity contribution in [2.45, 2.75) is 33.2 Å². The molecule has 0 saturated heterocycles. The van der Waals surface area contributed by atoms with Crippen LogP contribution in [0.3, 0.4) is 0 Å². The number of carbonyl (C=O) groups is 2. The molecule has 2 atom stereocenters. The highest BCUT2D eigenvalue weighted by atomic mass is 32.1. The zero-order chi connectivity index (χ0) is 18.4. The van der Waals surface area contributed by atoms with Crippen molar-refractivity contribution >= 4 is 28.3 Å². The molecule has 0 aliphatic heterocycles. The average molecular weight is 362 g/mol. The Labute approximate surface area is 150 Å². The van der Waals surface area contributed by atoms with Crippen LogP contribution in [0.5, 0.6) is 5.75 Å². The molecule has 2 N–H and O–H groups in total. The van der Waals surface area contributed by atoms with Gasteiger partial charge in [0.15, 0.2) is 0 Å². The topological polar surface area (TPSA) is 93.2 Å². The molecule has 2 aromatic rings. The van der Waals surface area contributed by atoms with E-state index < -0.39 is 6.04 Å². The fourth-order valence-electron chi connectivity index (χ4n) is 1.97. The SMILES string of the molecule is CC[C@H](C)C(=O)N[C@@H](C)C(=O)Nc1nnc(-c2cccc(OC)c2)s1. The van der Waals surface area contributed by atoms with Crippen LogP contribution in [0.15, 0.2) is 24.3 Å². The van der Waals surface area contributed by atoms with E-state index in [9.17, 15) is 9.59 Å². The molecule has 1 aromatic carbocycles. The Morgan fingerprint density at radius 2 is 2.00 bits per heavy atom. The second kappa shape index (κ2) is 8.57. The summed E-state index contributed by atoms with van der Waals surface area (Å²) in [5.41, 5.74) is 0.857. The van der Waals surface area contributed by atoms with Crippen molar-refractivity contribution in [3.63, 3.8) is 0 Å². The number of rotatable bonds is 7. The van der Waals surface area contributed by atoms with Gasteiger partial charge in [0.1, 0.15) is 16.8 Å². The zero-order valence-electron chi connectivity index (χ0n) is 14.7. The van der Waals surface area contributed by atoms with Crippen molar-refractivity contribution in [1.29, 1.82) is 0 Å². The van der Waals surface area contributed by atoms with Crippen molar-refractivity contribution in [3.8, 4) is 16.3 Å².